The molecule has 5 nitrogen and oxygen atoms in total. The summed E-state index contributed by atoms with van der Waals surface area (Å²) in [6.45, 7) is 0.430. The van der Waals surface area contributed by atoms with Crippen LogP contribution in [-0.4, -0.2) is 26.4 Å². The van der Waals surface area contributed by atoms with E-state index >= 15 is 0 Å². The minimum Gasteiger partial charge on any atom is -0.396 e. The second kappa shape index (κ2) is 5.20. The number of nitrogens with zero attached hydrogens (tertiary/aromatic N) is 3. The number of halogens is 1. The summed E-state index contributed by atoms with van der Waals surface area (Å²) in [6.07, 6.45) is 5.50. The van der Waals surface area contributed by atoms with E-state index < -0.39 is 5.82 Å². The first-order valence-electron chi connectivity index (χ1n) is 6.88. The van der Waals surface area contributed by atoms with Gasteiger partial charge in [0.1, 0.15) is 11.6 Å². The van der Waals surface area contributed by atoms with Crippen LogP contribution in [0.4, 0.5) is 10.1 Å². The van der Waals surface area contributed by atoms with Crippen molar-refractivity contribution in [2.45, 2.75) is 25.4 Å². The van der Waals surface area contributed by atoms with Gasteiger partial charge in [-0.2, -0.15) is 0 Å². The predicted octanol–water partition coefficient (Wildman–Crippen LogP) is 1.95. The monoisotopic (exact) mass is 288 g/mol. The van der Waals surface area contributed by atoms with Crippen molar-refractivity contribution in [1.29, 1.82) is 0 Å². The zero-order valence-electron chi connectivity index (χ0n) is 11.8. The van der Waals surface area contributed by atoms with Gasteiger partial charge in [-0.05, 0) is 31.0 Å². The standard InChI is InChI=1S/C15H17FN4O/c1-19-7-6-18-14(19)9-20(11-3-4-11)15(21)10-2-5-13(17)12(16)8-10/h2,5-8,11H,3-4,9,17H2,1H3. The summed E-state index contributed by atoms with van der Waals surface area (Å²) in [5.41, 5.74) is 5.83. The molecular formula is C15H17FN4O. The maximum absolute atomic E-state index is 13.5. The van der Waals surface area contributed by atoms with Gasteiger partial charge >= 0.3 is 0 Å². The molecule has 2 N–H and O–H groups in total. The van der Waals surface area contributed by atoms with Crippen molar-refractivity contribution in [3.05, 3.63) is 47.8 Å². The Balaban J connectivity index is 1.85. The number of carbonyl (C=O) groups excluding carboxylic acids is 1. The summed E-state index contributed by atoms with van der Waals surface area (Å²) in [5, 5.41) is 0. The molecule has 2 aromatic rings. The van der Waals surface area contributed by atoms with Crippen LogP contribution in [0.15, 0.2) is 30.6 Å². The maximum atomic E-state index is 13.5. The summed E-state index contributed by atoms with van der Waals surface area (Å²) < 4.78 is 15.4. The van der Waals surface area contributed by atoms with Gasteiger partial charge in [-0.3, -0.25) is 4.79 Å². The molecule has 1 aromatic carbocycles. The number of benzene rings is 1. The number of hydrogen-bond donors (Lipinski definition) is 1. The molecular weight excluding hydrogens is 271 g/mol. The molecule has 0 saturated heterocycles. The van der Waals surface area contributed by atoms with Gasteiger partial charge in [-0.25, -0.2) is 9.37 Å². The number of aryl methyl sites for hydroxylation is 1. The molecule has 0 spiro atoms. The SMILES string of the molecule is Cn1ccnc1CN(C(=O)c1ccc(N)c(F)c1)C1CC1. The van der Waals surface area contributed by atoms with Crippen LogP contribution in [-0.2, 0) is 13.6 Å². The van der Waals surface area contributed by atoms with E-state index in [0.29, 0.717) is 12.1 Å². The van der Waals surface area contributed by atoms with Gasteiger partial charge in [0, 0.05) is 31.0 Å². The van der Waals surface area contributed by atoms with Crippen molar-refractivity contribution in [3.63, 3.8) is 0 Å². The number of aromatic nitrogens is 2. The highest BCUT2D eigenvalue weighted by atomic mass is 19.1. The molecule has 0 bridgehead atoms. The number of nitrogens with two attached hydrogens (primary N) is 1. The molecule has 110 valence electrons. The topological polar surface area (TPSA) is 64.2 Å². The highest BCUT2D eigenvalue weighted by molar-refractivity contribution is 5.95. The number of carbonyl (C=O) groups is 1. The fraction of sp³-hybridized carbons (Fsp3) is 0.333. The summed E-state index contributed by atoms with van der Waals surface area (Å²) in [6, 6.07) is 4.41. The van der Waals surface area contributed by atoms with Gasteiger partial charge < -0.3 is 15.2 Å². The van der Waals surface area contributed by atoms with Gasteiger partial charge in [-0.15, -0.1) is 0 Å². The van der Waals surface area contributed by atoms with Crippen LogP contribution in [0.1, 0.15) is 29.0 Å². The Kier molecular flexibility index (Phi) is 3.37. The van der Waals surface area contributed by atoms with Crippen LogP contribution in [0.3, 0.4) is 0 Å². The highest BCUT2D eigenvalue weighted by Gasteiger charge is 2.34. The first-order chi connectivity index (χ1) is 10.1. The Labute approximate surface area is 122 Å². The van der Waals surface area contributed by atoms with E-state index in [1.165, 1.54) is 12.1 Å². The lowest BCUT2D eigenvalue weighted by molar-refractivity contribution is 0.0723. The average Bonchev–Trinajstić information content (AvgIpc) is 3.22. The smallest absolute Gasteiger partial charge is 0.254 e. The minimum absolute atomic E-state index is 0.0497. The first-order valence-corrected chi connectivity index (χ1v) is 6.88. The van der Waals surface area contributed by atoms with Gasteiger partial charge in [0.2, 0.25) is 0 Å². The Morgan fingerprint density at radius 3 is 2.86 bits per heavy atom. The number of rotatable bonds is 4. The second-order valence-corrected chi connectivity index (χ2v) is 5.35. The van der Waals surface area contributed by atoms with E-state index in [-0.39, 0.29) is 17.6 Å². The van der Waals surface area contributed by atoms with Crippen LogP contribution in [0.2, 0.25) is 0 Å². The minimum atomic E-state index is -0.561. The highest BCUT2D eigenvalue weighted by Crippen LogP contribution is 2.30. The Morgan fingerprint density at radius 2 is 2.29 bits per heavy atom. The fourth-order valence-electron chi connectivity index (χ4n) is 2.28. The average molecular weight is 288 g/mol. The molecule has 1 saturated carbocycles. The molecule has 6 heteroatoms. The molecule has 0 atom stereocenters. The van der Waals surface area contributed by atoms with Crippen LogP contribution in [0.25, 0.3) is 0 Å². The van der Waals surface area contributed by atoms with Crippen LogP contribution < -0.4 is 5.73 Å². The largest absolute Gasteiger partial charge is 0.396 e. The number of anilines is 1. The number of imidazole rings is 1. The van der Waals surface area contributed by atoms with E-state index in [9.17, 15) is 9.18 Å². The molecule has 1 aromatic heterocycles. The van der Waals surface area contributed by atoms with E-state index in [4.69, 9.17) is 5.73 Å². The molecule has 1 aliphatic rings. The fourth-order valence-corrected chi connectivity index (χ4v) is 2.28. The molecule has 0 aliphatic heterocycles. The van der Waals surface area contributed by atoms with Crippen molar-refractivity contribution in [2.75, 3.05) is 5.73 Å². The summed E-state index contributed by atoms with van der Waals surface area (Å²) >= 11 is 0. The number of hydrogen-bond acceptors (Lipinski definition) is 3. The third kappa shape index (κ3) is 2.74. The van der Waals surface area contributed by atoms with Crippen molar-refractivity contribution >= 4 is 11.6 Å². The predicted molar refractivity (Wildman–Crippen MR) is 76.9 cm³/mol. The lowest BCUT2D eigenvalue weighted by Crippen LogP contribution is -2.33. The molecule has 21 heavy (non-hydrogen) atoms. The van der Waals surface area contributed by atoms with E-state index in [0.717, 1.165) is 18.7 Å². The van der Waals surface area contributed by atoms with Crippen molar-refractivity contribution in [1.82, 2.24) is 14.5 Å². The van der Waals surface area contributed by atoms with Crippen LogP contribution in [0.5, 0.6) is 0 Å². The van der Waals surface area contributed by atoms with Crippen LogP contribution in [0, 0.1) is 5.82 Å². The van der Waals surface area contributed by atoms with Crippen molar-refractivity contribution in [3.8, 4) is 0 Å². The van der Waals surface area contributed by atoms with Gasteiger partial charge in [-0.1, -0.05) is 0 Å². The number of amides is 1. The summed E-state index contributed by atoms with van der Waals surface area (Å²) in [5.74, 6) is 0.0687. The lowest BCUT2D eigenvalue weighted by Gasteiger charge is -2.22. The van der Waals surface area contributed by atoms with Crippen molar-refractivity contribution < 1.29 is 9.18 Å². The van der Waals surface area contributed by atoms with Gasteiger partial charge in [0.05, 0.1) is 12.2 Å². The molecule has 0 unspecified atom stereocenters. The van der Waals surface area contributed by atoms with Crippen LogP contribution >= 0.6 is 0 Å². The lowest BCUT2D eigenvalue weighted by atomic mass is 10.1. The normalized spacial score (nSPS) is 14.2. The zero-order chi connectivity index (χ0) is 15.0. The second-order valence-electron chi connectivity index (χ2n) is 5.35. The number of nitrogen functional groups attached to an aromatic ring is 1. The molecule has 0 radical (unpaired) electrons. The molecule has 1 amide bonds. The summed E-state index contributed by atoms with van der Waals surface area (Å²) in [4.78, 5) is 18.6. The third-order valence-electron chi connectivity index (χ3n) is 3.73. The van der Waals surface area contributed by atoms with Crippen molar-refractivity contribution in [2.24, 2.45) is 7.05 Å². The molecule has 1 aliphatic carbocycles. The first kappa shape index (κ1) is 13.6. The van der Waals surface area contributed by atoms with E-state index in [2.05, 4.69) is 4.98 Å². The zero-order valence-corrected chi connectivity index (χ0v) is 11.8. The maximum Gasteiger partial charge on any atom is 0.254 e. The van der Waals surface area contributed by atoms with Gasteiger partial charge in [0.15, 0.2) is 0 Å². The quantitative estimate of drug-likeness (QED) is 0.875. The Morgan fingerprint density at radius 1 is 1.52 bits per heavy atom. The molecule has 3 rings (SSSR count). The van der Waals surface area contributed by atoms with E-state index in [1.54, 1.807) is 17.2 Å². The third-order valence-corrected chi connectivity index (χ3v) is 3.73. The van der Waals surface area contributed by atoms with Gasteiger partial charge in [0.25, 0.3) is 5.91 Å². The summed E-state index contributed by atoms with van der Waals surface area (Å²) in [7, 11) is 1.89. The molecule has 1 fully saturated rings. The Hall–Kier alpha value is -2.37. The Bertz CT molecular complexity index is 678. The van der Waals surface area contributed by atoms with E-state index in [1.807, 2.05) is 17.8 Å². The molecule has 1 heterocycles.